The van der Waals surface area contributed by atoms with Crippen LogP contribution in [0.1, 0.15) is 19.4 Å². The fourth-order valence-corrected chi connectivity index (χ4v) is 4.16. The van der Waals surface area contributed by atoms with E-state index in [-0.39, 0.29) is 12.2 Å². The van der Waals surface area contributed by atoms with Crippen LogP contribution in [-0.4, -0.2) is 40.3 Å². The number of benzene rings is 2. The van der Waals surface area contributed by atoms with E-state index in [2.05, 4.69) is 5.32 Å². The van der Waals surface area contributed by atoms with Gasteiger partial charge in [0.2, 0.25) is 15.9 Å². The SMILES string of the molecule is CCOc1ccc(CNC(=O)[C@H](C)N(c2cc(Cl)ccc2OC)S(C)(=O)=O)cc1. The van der Waals surface area contributed by atoms with Crippen LogP contribution in [0.25, 0.3) is 0 Å². The highest BCUT2D eigenvalue weighted by Gasteiger charge is 2.31. The van der Waals surface area contributed by atoms with E-state index in [1.807, 2.05) is 31.2 Å². The lowest BCUT2D eigenvalue weighted by molar-refractivity contribution is -0.122. The molecular formula is C20H25ClN2O5S. The molecule has 2 aromatic carbocycles. The minimum atomic E-state index is -3.79. The van der Waals surface area contributed by atoms with Crippen LogP contribution in [0, 0.1) is 0 Å². The fourth-order valence-electron chi connectivity index (χ4n) is 2.82. The van der Waals surface area contributed by atoms with Crippen LogP contribution in [0.2, 0.25) is 5.02 Å². The summed E-state index contributed by atoms with van der Waals surface area (Å²) in [5.74, 6) is 0.588. The molecule has 0 aliphatic rings. The first-order chi connectivity index (χ1) is 13.7. The zero-order chi connectivity index (χ0) is 21.6. The van der Waals surface area contributed by atoms with E-state index < -0.39 is 22.0 Å². The lowest BCUT2D eigenvalue weighted by Crippen LogP contribution is -2.47. The van der Waals surface area contributed by atoms with Gasteiger partial charge >= 0.3 is 0 Å². The molecule has 0 aliphatic carbocycles. The van der Waals surface area contributed by atoms with Crippen molar-refractivity contribution in [1.82, 2.24) is 5.32 Å². The smallest absolute Gasteiger partial charge is 0.243 e. The van der Waals surface area contributed by atoms with Crippen molar-refractivity contribution in [2.45, 2.75) is 26.4 Å². The van der Waals surface area contributed by atoms with Crippen molar-refractivity contribution < 1.29 is 22.7 Å². The van der Waals surface area contributed by atoms with Gasteiger partial charge in [-0.15, -0.1) is 0 Å². The van der Waals surface area contributed by atoms with E-state index in [4.69, 9.17) is 21.1 Å². The molecule has 1 N–H and O–H groups in total. The van der Waals surface area contributed by atoms with Gasteiger partial charge in [0.15, 0.2) is 0 Å². The number of carbonyl (C=O) groups excluding carboxylic acids is 1. The van der Waals surface area contributed by atoms with Gasteiger partial charge in [0.1, 0.15) is 17.5 Å². The Kier molecular flexibility index (Phi) is 7.75. The van der Waals surface area contributed by atoms with Gasteiger partial charge in [0.05, 0.1) is 25.7 Å². The number of hydrogen-bond donors (Lipinski definition) is 1. The predicted molar refractivity (Wildman–Crippen MR) is 114 cm³/mol. The quantitative estimate of drug-likeness (QED) is 0.647. The Hall–Kier alpha value is -2.45. The minimum Gasteiger partial charge on any atom is -0.495 e. The van der Waals surface area contributed by atoms with Crippen molar-refractivity contribution in [2.75, 3.05) is 24.3 Å². The maximum Gasteiger partial charge on any atom is 0.243 e. The molecule has 1 amide bonds. The van der Waals surface area contributed by atoms with E-state index in [1.54, 1.807) is 12.1 Å². The molecule has 0 fully saturated rings. The Balaban J connectivity index is 2.20. The normalized spacial score (nSPS) is 12.2. The summed E-state index contributed by atoms with van der Waals surface area (Å²) in [5.41, 5.74) is 1.06. The molecule has 9 heteroatoms. The summed E-state index contributed by atoms with van der Waals surface area (Å²) in [4.78, 5) is 12.7. The summed E-state index contributed by atoms with van der Waals surface area (Å²) in [6.07, 6.45) is 1.03. The number of nitrogens with zero attached hydrogens (tertiary/aromatic N) is 1. The second kappa shape index (κ2) is 9.84. The third kappa shape index (κ3) is 6.01. The topological polar surface area (TPSA) is 84.9 Å². The number of rotatable bonds is 9. The number of carbonyl (C=O) groups is 1. The maximum absolute atomic E-state index is 12.7. The van der Waals surface area contributed by atoms with Crippen molar-refractivity contribution in [2.24, 2.45) is 0 Å². The first-order valence-electron chi connectivity index (χ1n) is 8.99. The van der Waals surface area contributed by atoms with Crippen molar-refractivity contribution in [1.29, 1.82) is 0 Å². The molecule has 0 heterocycles. The summed E-state index contributed by atoms with van der Waals surface area (Å²) in [6.45, 7) is 4.23. The highest BCUT2D eigenvalue weighted by Crippen LogP contribution is 2.34. The zero-order valence-corrected chi connectivity index (χ0v) is 18.4. The fraction of sp³-hybridized carbons (Fsp3) is 0.350. The van der Waals surface area contributed by atoms with Crippen molar-refractivity contribution >= 4 is 33.2 Å². The second-order valence-corrected chi connectivity index (χ2v) is 8.64. The van der Waals surface area contributed by atoms with Crippen molar-refractivity contribution in [3.8, 4) is 11.5 Å². The van der Waals surface area contributed by atoms with Gasteiger partial charge in [-0.3, -0.25) is 9.10 Å². The zero-order valence-electron chi connectivity index (χ0n) is 16.8. The third-order valence-corrected chi connectivity index (χ3v) is 5.63. The Morgan fingerprint density at radius 1 is 1.21 bits per heavy atom. The summed E-state index contributed by atoms with van der Waals surface area (Å²) < 4.78 is 36.6. The predicted octanol–water partition coefficient (Wildman–Crippen LogP) is 3.22. The molecule has 29 heavy (non-hydrogen) atoms. The van der Waals surface area contributed by atoms with Crippen LogP contribution in [0.4, 0.5) is 5.69 Å². The Labute approximate surface area is 176 Å². The van der Waals surface area contributed by atoms with Gasteiger partial charge in [-0.25, -0.2) is 8.42 Å². The van der Waals surface area contributed by atoms with Crippen LogP contribution in [-0.2, 0) is 21.4 Å². The van der Waals surface area contributed by atoms with Crippen molar-refractivity contribution in [3.05, 3.63) is 53.1 Å². The molecule has 7 nitrogen and oxygen atoms in total. The van der Waals surface area contributed by atoms with E-state index in [0.29, 0.717) is 17.4 Å². The van der Waals surface area contributed by atoms with Crippen LogP contribution >= 0.6 is 11.6 Å². The molecule has 0 unspecified atom stereocenters. The highest BCUT2D eigenvalue weighted by atomic mass is 35.5. The summed E-state index contributed by atoms with van der Waals surface area (Å²) in [6, 6.07) is 10.9. The molecule has 1 atom stereocenters. The van der Waals surface area contributed by atoms with Crippen LogP contribution in [0.5, 0.6) is 11.5 Å². The maximum atomic E-state index is 12.7. The largest absolute Gasteiger partial charge is 0.495 e. The number of hydrogen-bond acceptors (Lipinski definition) is 5. The average Bonchev–Trinajstić information content (AvgIpc) is 2.66. The van der Waals surface area contributed by atoms with E-state index >= 15 is 0 Å². The first-order valence-corrected chi connectivity index (χ1v) is 11.2. The van der Waals surface area contributed by atoms with Gasteiger partial charge in [0.25, 0.3) is 0 Å². The molecular weight excluding hydrogens is 416 g/mol. The first kappa shape index (κ1) is 22.8. The van der Waals surface area contributed by atoms with Crippen LogP contribution < -0.4 is 19.1 Å². The number of methoxy groups -OCH3 is 1. The Morgan fingerprint density at radius 3 is 2.41 bits per heavy atom. The molecule has 0 saturated carbocycles. The Bertz CT molecular complexity index is 948. The molecule has 0 bridgehead atoms. The number of amides is 1. The third-order valence-electron chi connectivity index (χ3n) is 4.17. The molecule has 0 aliphatic heterocycles. The molecule has 0 spiro atoms. The van der Waals surface area contributed by atoms with E-state index in [1.165, 1.54) is 20.1 Å². The standard InChI is InChI=1S/C20H25ClN2O5S/c1-5-28-17-9-6-15(7-10-17)13-22-20(24)14(2)23(29(4,25)26)18-12-16(21)8-11-19(18)27-3/h6-12,14H,5,13H2,1-4H3,(H,22,24)/t14-/m0/s1. The van der Waals surface area contributed by atoms with E-state index in [0.717, 1.165) is 21.9 Å². The minimum absolute atomic E-state index is 0.200. The number of sulfonamides is 1. The van der Waals surface area contributed by atoms with Gasteiger partial charge < -0.3 is 14.8 Å². The molecule has 0 aromatic heterocycles. The average molecular weight is 441 g/mol. The lowest BCUT2D eigenvalue weighted by atomic mass is 10.2. The van der Waals surface area contributed by atoms with Gasteiger partial charge in [-0.2, -0.15) is 0 Å². The molecule has 2 aromatic rings. The summed E-state index contributed by atoms with van der Waals surface area (Å²) in [7, 11) is -2.37. The van der Waals surface area contributed by atoms with Crippen LogP contribution in [0.15, 0.2) is 42.5 Å². The summed E-state index contributed by atoms with van der Waals surface area (Å²) >= 11 is 6.04. The van der Waals surface area contributed by atoms with Gasteiger partial charge in [0, 0.05) is 11.6 Å². The lowest BCUT2D eigenvalue weighted by Gasteiger charge is -2.29. The molecule has 0 saturated heterocycles. The Morgan fingerprint density at radius 2 is 1.86 bits per heavy atom. The van der Waals surface area contributed by atoms with Crippen molar-refractivity contribution in [3.63, 3.8) is 0 Å². The molecule has 158 valence electrons. The highest BCUT2D eigenvalue weighted by molar-refractivity contribution is 7.92. The van der Waals surface area contributed by atoms with Gasteiger partial charge in [-0.05, 0) is 49.7 Å². The van der Waals surface area contributed by atoms with Gasteiger partial charge in [-0.1, -0.05) is 23.7 Å². The molecule has 2 rings (SSSR count). The number of anilines is 1. The van der Waals surface area contributed by atoms with Crippen LogP contribution in [0.3, 0.4) is 0 Å². The number of halogens is 1. The number of nitrogens with one attached hydrogen (secondary N) is 1. The summed E-state index contributed by atoms with van der Waals surface area (Å²) in [5, 5.41) is 3.09. The monoisotopic (exact) mass is 440 g/mol. The number of ether oxygens (including phenoxy) is 2. The molecule has 0 radical (unpaired) electrons. The van der Waals surface area contributed by atoms with E-state index in [9.17, 15) is 13.2 Å². The second-order valence-electron chi connectivity index (χ2n) is 6.35.